The summed E-state index contributed by atoms with van der Waals surface area (Å²) in [6.45, 7) is 3.74. The van der Waals surface area contributed by atoms with Crippen LogP contribution in [-0.2, 0) is 9.53 Å². The molecule has 0 heterocycles. The number of hydrogen-bond donors (Lipinski definition) is 2. The van der Waals surface area contributed by atoms with Gasteiger partial charge in [-0.3, -0.25) is 9.59 Å². The molecule has 3 N–H and O–H groups in total. The zero-order valence-corrected chi connectivity index (χ0v) is 12.4. The van der Waals surface area contributed by atoms with Gasteiger partial charge in [-0.15, -0.1) is 0 Å². The lowest BCUT2D eigenvalue weighted by atomic mass is 9.98. The molecular weight excluding hydrogens is 272 g/mol. The number of rotatable bonds is 6. The number of methoxy groups -OCH3 is 1. The maximum atomic E-state index is 12.2. The van der Waals surface area contributed by atoms with E-state index in [1.165, 1.54) is 13.2 Å². The molecule has 0 bridgehead atoms. The molecule has 6 nitrogen and oxygen atoms in total. The third kappa shape index (κ3) is 4.30. The molecule has 2 atom stereocenters. The molecule has 0 aliphatic heterocycles. The molecule has 114 valence electrons. The van der Waals surface area contributed by atoms with Crippen LogP contribution in [0.1, 0.15) is 41.0 Å². The number of esters is 1. The van der Waals surface area contributed by atoms with Crippen molar-refractivity contribution in [2.24, 2.45) is 11.7 Å². The summed E-state index contributed by atoms with van der Waals surface area (Å²) in [6, 6.07) is 5.34. The Morgan fingerprint density at radius 3 is 2.43 bits per heavy atom. The molecule has 0 saturated carbocycles. The molecule has 1 rings (SSSR count). The Hall–Kier alpha value is -2.37. The smallest absolute Gasteiger partial charge is 0.337 e. The number of hydrogen-bond acceptors (Lipinski definition) is 4. The van der Waals surface area contributed by atoms with Crippen molar-refractivity contribution in [1.82, 2.24) is 5.32 Å². The molecule has 6 heteroatoms. The molecule has 0 radical (unpaired) electrons. The largest absolute Gasteiger partial charge is 0.465 e. The van der Waals surface area contributed by atoms with Gasteiger partial charge in [-0.05, 0) is 24.1 Å². The lowest BCUT2D eigenvalue weighted by Gasteiger charge is -2.21. The van der Waals surface area contributed by atoms with Gasteiger partial charge < -0.3 is 15.8 Å². The van der Waals surface area contributed by atoms with Gasteiger partial charge in [0.25, 0.3) is 5.91 Å². The molecule has 0 fully saturated rings. The average Bonchev–Trinajstić information content (AvgIpc) is 2.50. The second-order valence-electron chi connectivity index (χ2n) is 4.81. The fourth-order valence-corrected chi connectivity index (χ4v) is 1.86. The molecule has 0 aliphatic carbocycles. The van der Waals surface area contributed by atoms with E-state index in [4.69, 9.17) is 5.73 Å². The first-order chi connectivity index (χ1) is 9.90. The van der Waals surface area contributed by atoms with Gasteiger partial charge in [-0.25, -0.2) is 4.79 Å². The van der Waals surface area contributed by atoms with Crippen LogP contribution >= 0.6 is 0 Å². The Labute approximate surface area is 123 Å². The quantitative estimate of drug-likeness (QED) is 0.767. The van der Waals surface area contributed by atoms with Gasteiger partial charge in [-0.1, -0.05) is 26.3 Å². The van der Waals surface area contributed by atoms with Crippen molar-refractivity contribution >= 4 is 17.8 Å². The first-order valence-corrected chi connectivity index (χ1v) is 6.69. The van der Waals surface area contributed by atoms with E-state index in [1.807, 2.05) is 13.8 Å². The predicted molar refractivity (Wildman–Crippen MR) is 77.7 cm³/mol. The van der Waals surface area contributed by atoms with Crippen LogP contribution < -0.4 is 11.1 Å². The van der Waals surface area contributed by atoms with E-state index in [1.54, 1.807) is 18.2 Å². The SMILES string of the molecule is CC[C@H](C)[C@@H](NC(=O)c1cccc(C(=O)OC)c1)C(N)=O. The van der Waals surface area contributed by atoms with Crippen LogP contribution in [0.3, 0.4) is 0 Å². The number of amides is 2. The molecule has 0 aromatic heterocycles. The zero-order valence-electron chi connectivity index (χ0n) is 12.4. The number of carbonyl (C=O) groups excluding carboxylic acids is 3. The van der Waals surface area contributed by atoms with E-state index >= 15 is 0 Å². The number of benzene rings is 1. The van der Waals surface area contributed by atoms with Crippen molar-refractivity contribution in [3.8, 4) is 0 Å². The summed E-state index contributed by atoms with van der Waals surface area (Å²) in [7, 11) is 1.27. The van der Waals surface area contributed by atoms with Gasteiger partial charge in [0.15, 0.2) is 0 Å². The van der Waals surface area contributed by atoms with Gasteiger partial charge in [0, 0.05) is 5.56 Å². The van der Waals surface area contributed by atoms with E-state index in [2.05, 4.69) is 10.1 Å². The monoisotopic (exact) mass is 292 g/mol. The van der Waals surface area contributed by atoms with Crippen LogP contribution in [0.5, 0.6) is 0 Å². The van der Waals surface area contributed by atoms with Gasteiger partial charge in [0.05, 0.1) is 12.7 Å². The summed E-state index contributed by atoms with van der Waals surface area (Å²) in [4.78, 5) is 35.0. The fourth-order valence-electron chi connectivity index (χ4n) is 1.86. The Morgan fingerprint density at radius 1 is 1.29 bits per heavy atom. The van der Waals surface area contributed by atoms with Crippen molar-refractivity contribution in [1.29, 1.82) is 0 Å². The standard InChI is InChI=1S/C15H20N2O4/c1-4-9(2)12(13(16)18)17-14(19)10-6-5-7-11(8-10)15(20)21-3/h5-9,12H,4H2,1-3H3,(H2,16,18)(H,17,19)/t9-,12+/m0/s1. The summed E-state index contributed by atoms with van der Waals surface area (Å²) >= 11 is 0. The fraction of sp³-hybridized carbons (Fsp3) is 0.400. The Balaban J connectivity index is 2.93. The first-order valence-electron chi connectivity index (χ1n) is 6.69. The summed E-state index contributed by atoms with van der Waals surface area (Å²) in [6.07, 6.45) is 0.704. The van der Waals surface area contributed by atoms with Crippen LogP contribution in [0.15, 0.2) is 24.3 Å². The second kappa shape index (κ2) is 7.42. The van der Waals surface area contributed by atoms with E-state index in [0.29, 0.717) is 6.42 Å². The van der Waals surface area contributed by atoms with Crippen molar-refractivity contribution in [3.63, 3.8) is 0 Å². The molecule has 1 aromatic rings. The first kappa shape index (κ1) is 16.7. The molecule has 0 spiro atoms. The lowest BCUT2D eigenvalue weighted by molar-refractivity contribution is -0.120. The van der Waals surface area contributed by atoms with E-state index in [9.17, 15) is 14.4 Å². The average molecular weight is 292 g/mol. The number of primary amides is 1. The third-order valence-electron chi connectivity index (χ3n) is 3.35. The molecule has 1 aromatic carbocycles. The third-order valence-corrected chi connectivity index (χ3v) is 3.35. The number of carbonyl (C=O) groups is 3. The highest BCUT2D eigenvalue weighted by atomic mass is 16.5. The molecule has 21 heavy (non-hydrogen) atoms. The van der Waals surface area contributed by atoms with Gasteiger partial charge in [0.2, 0.25) is 5.91 Å². The van der Waals surface area contributed by atoms with Crippen LogP contribution in [-0.4, -0.2) is 30.9 Å². The van der Waals surface area contributed by atoms with Crippen LogP contribution in [0, 0.1) is 5.92 Å². The van der Waals surface area contributed by atoms with Crippen LogP contribution in [0.2, 0.25) is 0 Å². The maximum Gasteiger partial charge on any atom is 0.337 e. The minimum absolute atomic E-state index is 0.0739. The van der Waals surface area contributed by atoms with E-state index in [-0.39, 0.29) is 17.0 Å². The van der Waals surface area contributed by atoms with Crippen molar-refractivity contribution in [3.05, 3.63) is 35.4 Å². The highest BCUT2D eigenvalue weighted by Gasteiger charge is 2.24. The molecular formula is C15H20N2O4. The van der Waals surface area contributed by atoms with E-state index < -0.39 is 23.8 Å². The summed E-state index contributed by atoms with van der Waals surface area (Å²) in [5, 5.41) is 2.60. The van der Waals surface area contributed by atoms with E-state index in [0.717, 1.165) is 0 Å². The normalized spacial score (nSPS) is 13.1. The Kier molecular flexibility index (Phi) is 5.90. The zero-order chi connectivity index (χ0) is 16.0. The highest BCUT2D eigenvalue weighted by Crippen LogP contribution is 2.10. The van der Waals surface area contributed by atoms with Gasteiger partial charge >= 0.3 is 5.97 Å². The van der Waals surface area contributed by atoms with Crippen LogP contribution in [0.25, 0.3) is 0 Å². The molecule has 0 unspecified atom stereocenters. The lowest BCUT2D eigenvalue weighted by Crippen LogP contribution is -2.48. The van der Waals surface area contributed by atoms with Crippen molar-refractivity contribution < 1.29 is 19.1 Å². The summed E-state index contributed by atoms with van der Waals surface area (Å²) in [5.74, 6) is -1.64. The second-order valence-corrected chi connectivity index (χ2v) is 4.81. The van der Waals surface area contributed by atoms with Crippen LogP contribution in [0.4, 0.5) is 0 Å². The minimum atomic E-state index is -0.746. The molecule has 0 aliphatic rings. The topological polar surface area (TPSA) is 98.5 Å². The maximum absolute atomic E-state index is 12.2. The number of ether oxygens (including phenoxy) is 1. The minimum Gasteiger partial charge on any atom is -0.465 e. The van der Waals surface area contributed by atoms with Crippen molar-refractivity contribution in [2.75, 3.05) is 7.11 Å². The summed E-state index contributed by atoms with van der Waals surface area (Å²) < 4.78 is 4.60. The Bertz CT molecular complexity index is 542. The molecule has 0 saturated heterocycles. The van der Waals surface area contributed by atoms with Gasteiger partial charge in [0.1, 0.15) is 6.04 Å². The molecule has 2 amide bonds. The Morgan fingerprint density at radius 2 is 1.90 bits per heavy atom. The number of nitrogens with two attached hydrogens (primary N) is 1. The highest BCUT2D eigenvalue weighted by molar-refractivity contribution is 5.99. The van der Waals surface area contributed by atoms with Crippen molar-refractivity contribution in [2.45, 2.75) is 26.3 Å². The predicted octanol–water partition coefficient (Wildman–Crippen LogP) is 1.10. The summed E-state index contributed by atoms with van der Waals surface area (Å²) in [5.41, 5.74) is 5.85. The van der Waals surface area contributed by atoms with Gasteiger partial charge in [-0.2, -0.15) is 0 Å². The number of nitrogens with one attached hydrogen (secondary N) is 1.